The van der Waals surface area contributed by atoms with E-state index < -0.39 is 11.7 Å². The van der Waals surface area contributed by atoms with Gasteiger partial charge in [-0.15, -0.1) is 0 Å². The average molecular weight is 222 g/mol. The first kappa shape index (κ1) is 11.3. The van der Waals surface area contributed by atoms with Crippen LogP contribution in [0.15, 0.2) is 18.2 Å². The third-order valence-electron chi connectivity index (χ3n) is 1.87. The minimum absolute atomic E-state index is 0.598. The number of aryl methyl sites for hydroxylation is 1. The van der Waals surface area contributed by atoms with Gasteiger partial charge in [0.25, 0.3) is 0 Å². The van der Waals surface area contributed by atoms with Crippen LogP contribution in [0.1, 0.15) is 11.1 Å². The first-order valence-corrected chi connectivity index (χ1v) is 5.16. The molecule has 1 aromatic rings. The molecule has 1 atom stereocenters. The van der Waals surface area contributed by atoms with E-state index in [1.54, 1.807) is 16.2 Å². The molecule has 0 aliphatic heterocycles. The lowest BCUT2D eigenvalue weighted by atomic mass is 10.1. The van der Waals surface area contributed by atoms with Crippen molar-refractivity contribution in [3.05, 3.63) is 29.3 Å². The molecule has 0 spiro atoms. The van der Waals surface area contributed by atoms with E-state index in [9.17, 15) is 13.2 Å². The zero-order valence-electron chi connectivity index (χ0n) is 7.78. The Morgan fingerprint density at radius 2 is 2.00 bits per heavy atom. The summed E-state index contributed by atoms with van der Waals surface area (Å²) >= 11 is 0. The van der Waals surface area contributed by atoms with Crippen molar-refractivity contribution in [3.8, 4) is 0 Å². The summed E-state index contributed by atoms with van der Waals surface area (Å²) in [4.78, 5) is 0. The highest BCUT2D eigenvalue weighted by atomic mass is 31.0. The molecule has 0 bridgehead atoms. The van der Waals surface area contributed by atoms with Crippen LogP contribution in [0.4, 0.5) is 18.9 Å². The van der Waals surface area contributed by atoms with Crippen LogP contribution < -0.4 is 5.32 Å². The van der Waals surface area contributed by atoms with Gasteiger partial charge >= 0.3 is 6.18 Å². The Balaban J connectivity index is 3.01. The molecule has 0 amide bonds. The van der Waals surface area contributed by atoms with Crippen LogP contribution in [0.2, 0.25) is 0 Å². The molecule has 78 valence electrons. The lowest BCUT2D eigenvalue weighted by molar-refractivity contribution is -0.137. The molecule has 1 nitrogen and oxygen atoms in total. The Kier molecular flexibility index (Phi) is 3.38. The molecule has 0 saturated heterocycles. The summed E-state index contributed by atoms with van der Waals surface area (Å²) in [6.07, 6.45) is -3.52. The Morgan fingerprint density at radius 1 is 1.36 bits per heavy atom. The second kappa shape index (κ2) is 4.18. The van der Waals surface area contributed by atoms with Crippen molar-refractivity contribution < 1.29 is 13.2 Å². The SMILES string of the molecule is Cc1cc(C(F)(F)F)ccc1NC[PH3+]. The molecule has 0 fully saturated rings. The third kappa shape index (κ3) is 2.61. The monoisotopic (exact) mass is 222 g/mol. The minimum atomic E-state index is -4.25. The third-order valence-corrected chi connectivity index (χ3v) is 2.12. The molecule has 1 rings (SSSR count). The van der Waals surface area contributed by atoms with Crippen LogP contribution in [0.3, 0.4) is 0 Å². The Morgan fingerprint density at radius 3 is 2.43 bits per heavy atom. The molecule has 1 N–H and O–H groups in total. The maximum absolute atomic E-state index is 12.3. The molecule has 0 aliphatic rings. The van der Waals surface area contributed by atoms with E-state index in [1.807, 2.05) is 0 Å². The van der Waals surface area contributed by atoms with Gasteiger partial charge in [-0.1, -0.05) is 0 Å². The summed E-state index contributed by atoms with van der Waals surface area (Å²) in [5, 5.41) is 3.00. The van der Waals surface area contributed by atoms with Crippen molar-refractivity contribution in [2.24, 2.45) is 0 Å². The summed E-state index contributed by atoms with van der Waals surface area (Å²) < 4.78 is 36.8. The fourth-order valence-corrected chi connectivity index (χ4v) is 1.44. The molecule has 0 saturated carbocycles. The van der Waals surface area contributed by atoms with Crippen LogP contribution in [0.5, 0.6) is 0 Å². The maximum atomic E-state index is 12.3. The fraction of sp³-hybridized carbons (Fsp3) is 0.333. The molecule has 0 aromatic heterocycles. The van der Waals surface area contributed by atoms with Crippen LogP contribution in [0.25, 0.3) is 0 Å². The van der Waals surface area contributed by atoms with Crippen LogP contribution in [-0.4, -0.2) is 6.29 Å². The minimum Gasteiger partial charge on any atom is -0.354 e. The van der Waals surface area contributed by atoms with E-state index in [0.29, 0.717) is 5.56 Å². The van der Waals surface area contributed by atoms with Crippen molar-refractivity contribution in [2.75, 3.05) is 11.6 Å². The highest BCUT2D eigenvalue weighted by molar-refractivity contribution is 7.16. The summed E-state index contributed by atoms with van der Waals surface area (Å²) in [6.45, 7) is 1.66. The Bertz CT molecular complexity index is 322. The van der Waals surface area contributed by atoms with Gasteiger partial charge in [0, 0.05) is 5.69 Å². The number of benzene rings is 1. The van der Waals surface area contributed by atoms with Crippen LogP contribution in [-0.2, 0) is 6.18 Å². The summed E-state index contributed by atoms with van der Waals surface area (Å²) in [5.41, 5.74) is 0.776. The Hall–Kier alpha value is -0.760. The topological polar surface area (TPSA) is 12.0 Å². The zero-order valence-corrected chi connectivity index (χ0v) is 9.19. The van der Waals surface area contributed by atoms with Crippen LogP contribution >= 0.6 is 9.24 Å². The van der Waals surface area contributed by atoms with Crippen molar-refractivity contribution in [1.29, 1.82) is 0 Å². The largest absolute Gasteiger partial charge is 0.416 e. The number of nitrogens with one attached hydrogen (secondary N) is 1. The quantitative estimate of drug-likeness (QED) is 0.758. The molecule has 5 heteroatoms. The smallest absolute Gasteiger partial charge is 0.354 e. The number of hydrogen-bond acceptors (Lipinski definition) is 1. The summed E-state index contributed by atoms with van der Waals surface area (Å²) in [5.74, 6) is 0. The van der Waals surface area contributed by atoms with E-state index >= 15 is 0 Å². The number of hydrogen-bond donors (Lipinski definition) is 1. The highest BCUT2D eigenvalue weighted by Gasteiger charge is 2.30. The van der Waals surface area contributed by atoms with E-state index in [1.165, 1.54) is 6.07 Å². The lowest BCUT2D eigenvalue weighted by Crippen LogP contribution is -2.06. The van der Waals surface area contributed by atoms with Crippen molar-refractivity contribution in [1.82, 2.24) is 0 Å². The van der Waals surface area contributed by atoms with Gasteiger partial charge in [-0.3, -0.25) is 0 Å². The predicted octanol–water partition coefficient (Wildman–Crippen LogP) is 2.99. The zero-order chi connectivity index (χ0) is 10.8. The van der Waals surface area contributed by atoms with Crippen molar-refractivity contribution in [3.63, 3.8) is 0 Å². The van der Waals surface area contributed by atoms with Crippen molar-refractivity contribution in [2.45, 2.75) is 13.1 Å². The van der Waals surface area contributed by atoms with Gasteiger partial charge in [-0.05, 0) is 39.9 Å². The molecular weight excluding hydrogens is 210 g/mol. The second-order valence-electron chi connectivity index (χ2n) is 2.95. The number of alkyl halides is 3. The molecular formula is C9H12F3NP+. The lowest BCUT2D eigenvalue weighted by Gasteiger charge is -2.10. The van der Waals surface area contributed by atoms with Gasteiger partial charge < -0.3 is 5.32 Å². The highest BCUT2D eigenvalue weighted by Crippen LogP contribution is 2.31. The molecule has 0 radical (unpaired) electrons. The molecule has 14 heavy (non-hydrogen) atoms. The molecule has 1 unspecified atom stereocenters. The normalized spacial score (nSPS) is 11.7. The number of halogens is 3. The number of anilines is 1. The number of rotatable bonds is 2. The van der Waals surface area contributed by atoms with E-state index in [4.69, 9.17) is 0 Å². The summed E-state index contributed by atoms with van der Waals surface area (Å²) in [6, 6.07) is 3.71. The van der Waals surface area contributed by atoms with E-state index in [-0.39, 0.29) is 0 Å². The van der Waals surface area contributed by atoms with Gasteiger partial charge in [-0.2, -0.15) is 13.2 Å². The average Bonchev–Trinajstić information content (AvgIpc) is 2.07. The van der Waals surface area contributed by atoms with E-state index in [0.717, 1.165) is 24.1 Å². The second-order valence-corrected chi connectivity index (χ2v) is 3.45. The fourth-order valence-electron chi connectivity index (χ4n) is 1.17. The summed E-state index contributed by atoms with van der Waals surface area (Å²) in [7, 11) is 1.72. The van der Waals surface area contributed by atoms with Gasteiger partial charge in [-0.25, -0.2) is 0 Å². The maximum Gasteiger partial charge on any atom is 0.416 e. The van der Waals surface area contributed by atoms with Gasteiger partial charge in [0.05, 0.1) is 5.56 Å². The van der Waals surface area contributed by atoms with Gasteiger partial charge in [0.15, 0.2) is 0 Å². The van der Waals surface area contributed by atoms with Crippen LogP contribution in [0, 0.1) is 6.92 Å². The Labute approximate surface area is 82.9 Å². The van der Waals surface area contributed by atoms with Gasteiger partial charge in [0.1, 0.15) is 6.29 Å². The first-order chi connectivity index (χ1) is 6.45. The molecule has 0 heterocycles. The molecule has 0 aliphatic carbocycles. The predicted molar refractivity (Wildman–Crippen MR) is 55.8 cm³/mol. The van der Waals surface area contributed by atoms with E-state index in [2.05, 4.69) is 5.32 Å². The van der Waals surface area contributed by atoms with Crippen molar-refractivity contribution >= 4 is 14.9 Å². The standard InChI is InChI=1S/C9H11F3NP/c1-6-4-7(9(10,11)12)2-3-8(6)13-5-14/h2-4,13H,5,14H2,1H3/p+1. The molecule has 1 aromatic carbocycles. The first-order valence-electron chi connectivity index (χ1n) is 4.16. The van der Waals surface area contributed by atoms with Gasteiger partial charge in [0.2, 0.25) is 0 Å².